The highest BCUT2D eigenvalue weighted by Gasteiger charge is 2.44. The fourth-order valence-corrected chi connectivity index (χ4v) is 2.00. The van der Waals surface area contributed by atoms with Crippen molar-refractivity contribution in [3.8, 4) is 5.75 Å². The van der Waals surface area contributed by atoms with E-state index in [2.05, 4.69) is 0 Å². The first-order valence-electron chi connectivity index (χ1n) is 5.18. The van der Waals surface area contributed by atoms with Crippen LogP contribution in [-0.2, 0) is 4.79 Å². The molecule has 1 unspecified atom stereocenters. The molecule has 0 aliphatic carbocycles. The molecule has 0 amide bonds. The molecule has 3 nitrogen and oxygen atoms in total. The number of carboxylic acids is 1. The van der Waals surface area contributed by atoms with Gasteiger partial charge in [-0.3, -0.25) is 0 Å². The SMILES string of the molecule is CC(F)(F)C1Oc2c(F)cc(Cl)cc2C=C1C(=O)O. The molecule has 1 N–H and O–H groups in total. The molecule has 0 saturated heterocycles. The Kier molecular flexibility index (Phi) is 3.22. The largest absolute Gasteiger partial charge is 0.478 e. The zero-order valence-corrected chi connectivity index (χ0v) is 10.3. The molecule has 102 valence electrons. The molecule has 0 spiro atoms. The summed E-state index contributed by atoms with van der Waals surface area (Å²) in [5, 5.41) is 8.94. The van der Waals surface area contributed by atoms with Crippen LogP contribution in [0.4, 0.5) is 13.2 Å². The van der Waals surface area contributed by atoms with E-state index in [4.69, 9.17) is 21.4 Å². The van der Waals surface area contributed by atoms with Gasteiger partial charge in [0.2, 0.25) is 0 Å². The highest BCUT2D eigenvalue weighted by molar-refractivity contribution is 6.30. The summed E-state index contributed by atoms with van der Waals surface area (Å²) in [6, 6.07) is 2.15. The fraction of sp³-hybridized carbons (Fsp3) is 0.250. The average molecular weight is 293 g/mol. The summed E-state index contributed by atoms with van der Waals surface area (Å²) in [6.45, 7) is 0.507. The molecule has 1 aromatic rings. The lowest BCUT2D eigenvalue weighted by atomic mass is 9.98. The molecule has 1 aliphatic rings. The first kappa shape index (κ1) is 13.7. The lowest BCUT2D eigenvalue weighted by Gasteiger charge is -2.29. The maximum Gasteiger partial charge on any atom is 0.335 e. The van der Waals surface area contributed by atoms with E-state index in [-0.39, 0.29) is 10.6 Å². The molecular formula is C12H8ClF3O3. The van der Waals surface area contributed by atoms with Crippen molar-refractivity contribution in [2.24, 2.45) is 0 Å². The lowest BCUT2D eigenvalue weighted by molar-refractivity contribution is -0.137. The lowest BCUT2D eigenvalue weighted by Crippen LogP contribution is -2.41. The molecule has 2 rings (SSSR count). The van der Waals surface area contributed by atoms with Crippen LogP contribution >= 0.6 is 11.6 Å². The molecule has 0 saturated carbocycles. The second-order valence-electron chi connectivity index (χ2n) is 4.16. The molecular weight excluding hydrogens is 285 g/mol. The minimum absolute atomic E-state index is 0.0162. The van der Waals surface area contributed by atoms with Crippen LogP contribution in [0, 0.1) is 5.82 Å². The van der Waals surface area contributed by atoms with Gasteiger partial charge in [-0.2, -0.15) is 0 Å². The van der Waals surface area contributed by atoms with Gasteiger partial charge in [-0.25, -0.2) is 18.0 Å². The Labute approximate surface area is 111 Å². The van der Waals surface area contributed by atoms with Crippen molar-refractivity contribution in [1.29, 1.82) is 0 Å². The second-order valence-corrected chi connectivity index (χ2v) is 4.60. The number of carbonyl (C=O) groups is 1. The highest BCUT2D eigenvalue weighted by atomic mass is 35.5. The molecule has 7 heteroatoms. The molecule has 1 aromatic carbocycles. The number of ether oxygens (including phenoxy) is 1. The maximum atomic E-state index is 13.6. The standard InChI is InChI=1S/C12H8ClF3O3/c1-12(15,16)10-7(11(17)18)3-5-2-6(13)4-8(14)9(5)19-10/h2-4,10H,1H3,(H,17,18). The summed E-state index contributed by atoms with van der Waals surface area (Å²) in [6.07, 6.45) is -1.11. The number of rotatable bonds is 2. The van der Waals surface area contributed by atoms with E-state index >= 15 is 0 Å². The minimum Gasteiger partial charge on any atom is -0.478 e. The smallest absolute Gasteiger partial charge is 0.335 e. The zero-order valence-electron chi connectivity index (χ0n) is 9.58. The van der Waals surface area contributed by atoms with Crippen molar-refractivity contribution in [2.45, 2.75) is 19.0 Å². The summed E-state index contributed by atoms with van der Waals surface area (Å²) in [5.74, 6) is -6.37. The van der Waals surface area contributed by atoms with Crippen molar-refractivity contribution in [3.63, 3.8) is 0 Å². The number of carboxylic acid groups (broad SMARTS) is 1. The number of halogens is 4. The Bertz CT molecular complexity index is 578. The third-order valence-electron chi connectivity index (χ3n) is 2.57. The topological polar surface area (TPSA) is 46.5 Å². The first-order valence-corrected chi connectivity index (χ1v) is 5.56. The Morgan fingerprint density at radius 1 is 1.47 bits per heavy atom. The predicted octanol–water partition coefficient (Wildman–Crippen LogP) is 3.36. The predicted molar refractivity (Wildman–Crippen MR) is 62.1 cm³/mol. The van der Waals surface area contributed by atoms with E-state index in [1.54, 1.807) is 0 Å². The number of hydrogen-bond acceptors (Lipinski definition) is 2. The number of hydrogen-bond donors (Lipinski definition) is 1. The first-order chi connectivity index (χ1) is 8.70. The van der Waals surface area contributed by atoms with Crippen LogP contribution in [0.5, 0.6) is 5.75 Å². The van der Waals surface area contributed by atoms with Crippen molar-refractivity contribution < 1.29 is 27.8 Å². The van der Waals surface area contributed by atoms with Crippen LogP contribution in [0.15, 0.2) is 17.7 Å². The van der Waals surface area contributed by atoms with Gasteiger partial charge in [0.25, 0.3) is 5.92 Å². The summed E-state index contributed by atoms with van der Waals surface area (Å²) in [7, 11) is 0. The van der Waals surface area contributed by atoms with Crippen LogP contribution in [0.1, 0.15) is 12.5 Å². The van der Waals surface area contributed by atoms with E-state index < -0.39 is 35.1 Å². The van der Waals surface area contributed by atoms with Gasteiger partial charge in [-0.05, 0) is 18.2 Å². The summed E-state index contributed by atoms with van der Waals surface area (Å²) < 4.78 is 45.1. The van der Waals surface area contributed by atoms with E-state index in [0.717, 1.165) is 12.1 Å². The van der Waals surface area contributed by atoms with Gasteiger partial charge in [0.05, 0.1) is 5.57 Å². The zero-order chi connectivity index (χ0) is 14.4. The Morgan fingerprint density at radius 3 is 2.63 bits per heavy atom. The minimum atomic E-state index is -3.46. The van der Waals surface area contributed by atoms with Crippen LogP contribution in [0.3, 0.4) is 0 Å². The molecule has 0 radical (unpaired) electrons. The van der Waals surface area contributed by atoms with E-state index in [1.165, 1.54) is 6.07 Å². The number of benzene rings is 1. The molecule has 1 heterocycles. The van der Waals surface area contributed by atoms with Gasteiger partial charge in [0.15, 0.2) is 17.7 Å². The van der Waals surface area contributed by atoms with Crippen molar-refractivity contribution in [3.05, 3.63) is 34.1 Å². The Morgan fingerprint density at radius 2 is 2.11 bits per heavy atom. The van der Waals surface area contributed by atoms with E-state index in [9.17, 15) is 18.0 Å². The average Bonchev–Trinajstić information content (AvgIpc) is 2.25. The maximum absolute atomic E-state index is 13.6. The quantitative estimate of drug-likeness (QED) is 0.909. The summed E-state index contributed by atoms with van der Waals surface area (Å²) in [5.41, 5.74) is -0.635. The van der Waals surface area contributed by atoms with Crippen molar-refractivity contribution in [2.75, 3.05) is 0 Å². The van der Waals surface area contributed by atoms with Gasteiger partial charge < -0.3 is 9.84 Å². The van der Waals surface area contributed by atoms with Crippen LogP contribution < -0.4 is 4.74 Å². The summed E-state index contributed by atoms with van der Waals surface area (Å²) in [4.78, 5) is 11.0. The number of fused-ring (bicyclic) bond motifs is 1. The van der Waals surface area contributed by atoms with Crippen LogP contribution in [-0.4, -0.2) is 23.1 Å². The summed E-state index contributed by atoms with van der Waals surface area (Å²) >= 11 is 5.62. The van der Waals surface area contributed by atoms with E-state index in [0.29, 0.717) is 6.92 Å². The molecule has 0 fully saturated rings. The number of aliphatic carboxylic acids is 1. The van der Waals surface area contributed by atoms with Gasteiger partial charge in [-0.15, -0.1) is 0 Å². The Balaban J connectivity index is 2.61. The molecule has 0 aromatic heterocycles. The van der Waals surface area contributed by atoms with Crippen molar-refractivity contribution >= 4 is 23.6 Å². The van der Waals surface area contributed by atoms with Gasteiger partial charge >= 0.3 is 5.97 Å². The normalized spacial score (nSPS) is 18.4. The third-order valence-corrected chi connectivity index (χ3v) is 2.79. The van der Waals surface area contributed by atoms with Crippen LogP contribution in [0.25, 0.3) is 6.08 Å². The highest BCUT2D eigenvalue weighted by Crippen LogP contribution is 2.39. The molecule has 1 atom stereocenters. The molecule has 0 bridgehead atoms. The van der Waals surface area contributed by atoms with Gasteiger partial charge in [-0.1, -0.05) is 11.6 Å². The Hall–Kier alpha value is -1.69. The third kappa shape index (κ3) is 2.53. The monoisotopic (exact) mass is 292 g/mol. The molecule has 19 heavy (non-hydrogen) atoms. The fourth-order valence-electron chi connectivity index (χ4n) is 1.79. The van der Waals surface area contributed by atoms with Crippen molar-refractivity contribution in [1.82, 2.24) is 0 Å². The molecule has 1 aliphatic heterocycles. The van der Waals surface area contributed by atoms with E-state index in [1.807, 2.05) is 0 Å². The van der Waals surface area contributed by atoms with Gasteiger partial charge in [0.1, 0.15) is 0 Å². The second kappa shape index (κ2) is 4.45. The van der Waals surface area contributed by atoms with Gasteiger partial charge in [0, 0.05) is 17.5 Å². The number of alkyl halides is 2. The van der Waals surface area contributed by atoms with Crippen LogP contribution in [0.2, 0.25) is 5.02 Å².